The number of thioether (sulfide) groups is 1. The topological polar surface area (TPSA) is 72.8 Å². The van der Waals surface area contributed by atoms with Gasteiger partial charge in [0.05, 0.1) is 5.69 Å². The van der Waals surface area contributed by atoms with Crippen molar-refractivity contribution in [2.24, 2.45) is 0 Å². The fourth-order valence-electron chi connectivity index (χ4n) is 2.90. The normalized spacial score (nSPS) is 15.0. The second-order valence-corrected chi connectivity index (χ2v) is 7.48. The highest BCUT2D eigenvalue weighted by Crippen LogP contribution is 2.23. The molecule has 0 saturated carbocycles. The number of benzene rings is 1. The number of aromatic amines is 1. The summed E-state index contributed by atoms with van der Waals surface area (Å²) in [6.07, 6.45) is 3.84. The van der Waals surface area contributed by atoms with E-state index in [1.165, 1.54) is 31.0 Å². The van der Waals surface area contributed by atoms with Gasteiger partial charge in [0.25, 0.3) is 5.56 Å². The van der Waals surface area contributed by atoms with Gasteiger partial charge in [-0.15, -0.1) is 0 Å². The number of piperidine rings is 1. The summed E-state index contributed by atoms with van der Waals surface area (Å²) in [4.78, 5) is 21.9. The first-order valence-corrected chi connectivity index (χ1v) is 9.69. The summed E-state index contributed by atoms with van der Waals surface area (Å²) in [6, 6.07) is 8.95. The van der Waals surface area contributed by atoms with Crippen LogP contribution in [-0.4, -0.2) is 40.3 Å². The molecule has 130 valence electrons. The van der Waals surface area contributed by atoms with Crippen LogP contribution in [0, 0.1) is 11.3 Å². The van der Waals surface area contributed by atoms with Gasteiger partial charge < -0.3 is 9.88 Å². The molecule has 0 unspecified atom stereocenters. The molecule has 5 nitrogen and oxygen atoms in total. The molecule has 3 rings (SSSR count). The van der Waals surface area contributed by atoms with Crippen molar-refractivity contribution in [2.75, 3.05) is 25.4 Å². The van der Waals surface area contributed by atoms with Crippen molar-refractivity contribution >= 4 is 23.4 Å². The summed E-state index contributed by atoms with van der Waals surface area (Å²) in [5.41, 5.74) is 0.749. The van der Waals surface area contributed by atoms with E-state index in [0.29, 0.717) is 21.4 Å². The molecule has 0 atom stereocenters. The van der Waals surface area contributed by atoms with Crippen molar-refractivity contribution < 1.29 is 0 Å². The van der Waals surface area contributed by atoms with Gasteiger partial charge in [0.2, 0.25) is 0 Å². The van der Waals surface area contributed by atoms with Gasteiger partial charge in [-0.1, -0.05) is 41.9 Å². The molecule has 1 fully saturated rings. The minimum Gasteiger partial charge on any atom is -0.303 e. The monoisotopic (exact) mass is 374 g/mol. The third kappa shape index (κ3) is 4.63. The van der Waals surface area contributed by atoms with Gasteiger partial charge in [0.15, 0.2) is 5.16 Å². The molecular formula is C18H19ClN4OS. The Kier molecular flexibility index (Phi) is 6.14. The number of hydrogen-bond donors (Lipinski definition) is 1. The SMILES string of the molecule is N#Cc1c(-c2ccc(Cl)cc2)nc(SCCN2CCCCC2)[nH]c1=O. The van der Waals surface area contributed by atoms with Crippen molar-refractivity contribution in [3.05, 3.63) is 45.2 Å². The minimum absolute atomic E-state index is 0.0303. The molecule has 1 aliphatic rings. The predicted octanol–water partition coefficient (Wildman–Crippen LogP) is 3.54. The first-order valence-electron chi connectivity index (χ1n) is 8.33. The highest BCUT2D eigenvalue weighted by Gasteiger charge is 2.14. The standard InChI is InChI=1S/C18H19ClN4OS/c19-14-6-4-13(5-7-14)16-15(12-20)17(24)22-18(21-16)25-11-10-23-8-2-1-3-9-23/h4-7H,1-3,8-11H2,(H,21,22,24). The van der Waals surface area contributed by atoms with Crippen LogP contribution in [0.2, 0.25) is 5.02 Å². The molecule has 1 N–H and O–H groups in total. The minimum atomic E-state index is -0.400. The summed E-state index contributed by atoms with van der Waals surface area (Å²) in [5, 5.41) is 10.5. The van der Waals surface area contributed by atoms with Crippen molar-refractivity contribution in [3.63, 3.8) is 0 Å². The number of likely N-dealkylation sites (tertiary alicyclic amines) is 1. The van der Waals surface area contributed by atoms with Crippen molar-refractivity contribution in [1.82, 2.24) is 14.9 Å². The summed E-state index contributed by atoms with van der Waals surface area (Å²) >= 11 is 7.43. The fraction of sp³-hybridized carbons (Fsp3) is 0.389. The molecule has 1 aliphatic heterocycles. The molecule has 2 heterocycles. The number of hydrogen-bond acceptors (Lipinski definition) is 5. The number of halogens is 1. The van der Waals surface area contributed by atoms with Gasteiger partial charge in [-0.3, -0.25) is 4.79 Å². The Bertz CT molecular complexity index is 822. The average molecular weight is 375 g/mol. The predicted molar refractivity (Wildman–Crippen MR) is 101 cm³/mol. The Morgan fingerprint density at radius 1 is 1.24 bits per heavy atom. The van der Waals surface area contributed by atoms with Crippen molar-refractivity contribution in [1.29, 1.82) is 5.26 Å². The van der Waals surface area contributed by atoms with Crippen LogP contribution in [0.15, 0.2) is 34.2 Å². The molecule has 0 radical (unpaired) electrons. The maximum absolute atomic E-state index is 12.2. The largest absolute Gasteiger partial charge is 0.303 e. The maximum atomic E-state index is 12.2. The number of nitrogens with one attached hydrogen (secondary N) is 1. The Hall–Kier alpha value is -1.81. The van der Waals surface area contributed by atoms with Crippen LogP contribution < -0.4 is 5.56 Å². The van der Waals surface area contributed by atoms with Gasteiger partial charge in [-0.25, -0.2) is 4.98 Å². The lowest BCUT2D eigenvalue weighted by molar-refractivity contribution is 0.242. The first kappa shape index (κ1) is 18.0. The van der Waals surface area contributed by atoms with E-state index in [-0.39, 0.29) is 5.56 Å². The Morgan fingerprint density at radius 3 is 2.64 bits per heavy atom. The molecule has 7 heteroatoms. The third-order valence-corrected chi connectivity index (χ3v) is 5.33. The van der Waals surface area contributed by atoms with E-state index >= 15 is 0 Å². The number of nitriles is 1. The zero-order valence-corrected chi connectivity index (χ0v) is 15.4. The average Bonchev–Trinajstić information content (AvgIpc) is 2.63. The molecule has 0 amide bonds. The summed E-state index contributed by atoms with van der Waals surface area (Å²) in [7, 11) is 0. The Labute approximate surface area is 156 Å². The van der Waals surface area contributed by atoms with E-state index in [0.717, 1.165) is 25.4 Å². The summed E-state index contributed by atoms with van der Waals surface area (Å²) in [5.74, 6) is 0.856. The lowest BCUT2D eigenvalue weighted by Crippen LogP contribution is -2.31. The zero-order valence-electron chi connectivity index (χ0n) is 13.8. The lowest BCUT2D eigenvalue weighted by Gasteiger charge is -2.25. The molecule has 2 aromatic rings. The summed E-state index contributed by atoms with van der Waals surface area (Å²) < 4.78 is 0. The fourth-order valence-corrected chi connectivity index (χ4v) is 3.89. The quantitative estimate of drug-likeness (QED) is 0.640. The van der Waals surface area contributed by atoms with Gasteiger partial charge >= 0.3 is 0 Å². The van der Waals surface area contributed by atoms with E-state index in [4.69, 9.17) is 11.6 Å². The molecule has 0 spiro atoms. The van der Waals surface area contributed by atoms with E-state index < -0.39 is 5.56 Å². The van der Waals surface area contributed by atoms with Crippen LogP contribution in [0.5, 0.6) is 0 Å². The zero-order chi connectivity index (χ0) is 17.6. The van der Waals surface area contributed by atoms with E-state index in [1.54, 1.807) is 24.3 Å². The van der Waals surface area contributed by atoms with Gasteiger partial charge in [0.1, 0.15) is 11.6 Å². The molecular weight excluding hydrogens is 356 g/mol. The Balaban J connectivity index is 1.77. The smallest absolute Gasteiger partial charge is 0.270 e. The van der Waals surface area contributed by atoms with Crippen LogP contribution in [0.4, 0.5) is 0 Å². The second kappa shape index (κ2) is 8.52. The summed E-state index contributed by atoms with van der Waals surface area (Å²) in [6.45, 7) is 3.27. The molecule has 1 aromatic carbocycles. The van der Waals surface area contributed by atoms with Crippen molar-refractivity contribution in [3.8, 4) is 17.3 Å². The highest BCUT2D eigenvalue weighted by molar-refractivity contribution is 7.99. The highest BCUT2D eigenvalue weighted by atomic mass is 35.5. The van der Waals surface area contributed by atoms with Crippen LogP contribution in [0.3, 0.4) is 0 Å². The third-order valence-electron chi connectivity index (χ3n) is 4.22. The van der Waals surface area contributed by atoms with E-state index in [2.05, 4.69) is 14.9 Å². The molecule has 0 bridgehead atoms. The maximum Gasteiger partial charge on any atom is 0.270 e. The molecule has 0 aliphatic carbocycles. The molecule has 1 aromatic heterocycles. The van der Waals surface area contributed by atoms with E-state index in [9.17, 15) is 10.1 Å². The Morgan fingerprint density at radius 2 is 1.96 bits per heavy atom. The number of nitrogens with zero attached hydrogens (tertiary/aromatic N) is 3. The van der Waals surface area contributed by atoms with Crippen LogP contribution in [-0.2, 0) is 0 Å². The number of aromatic nitrogens is 2. The van der Waals surface area contributed by atoms with Crippen molar-refractivity contribution in [2.45, 2.75) is 24.4 Å². The van der Waals surface area contributed by atoms with Crippen LogP contribution in [0.25, 0.3) is 11.3 Å². The second-order valence-electron chi connectivity index (χ2n) is 5.96. The van der Waals surface area contributed by atoms with Gasteiger partial charge in [-0.05, 0) is 38.1 Å². The van der Waals surface area contributed by atoms with Gasteiger partial charge in [-0.2, -0.15) is 5.26 Å². The molecule has 1 saturated heterocycles. The number of rotatable bonds is 5. The van der Waals surface area contributed by atoms with Gasteiger partial charge in [0, 0.05) is 22.9 Å². The molecule has 25 heavy (non-hydrogen) atoms. The van der Waals surface area contributed by atoms with Crippen LogP contribution in [0.1, 0.15) is 24.8 Å². The van der Waals surface area contributed by atoms with Crippen LogP contribution >= 0.6 is 23.4 Å². The van der Waals surface area contributed by atoms with E-state index in [1.807, 2.05) is 6.07 Å². The lowest BCUT2D eigenvalue weighted by atomic mass is 10.1. The number of H-pyrrole nitrogens is 1. The first-order chi connectivity index (χ1) is 12.2.